The Balaban J connectivity index is 1.85. The van der Waals surface area contributed by atoms with E-state index in [-0.39, 0.29) is 5.91 Å². The highest BCUT2D eigenvalue weighted by molar-refractivity contribution is 5.92. The second kappa shape index (κ2) is 8.73. The Hall–Kier alpha value is -2.63. The number of aromatic nitrogens is 2. The molecule has 122 valence electrons. The van der Waals surface area contributed by atoms with Crippen molar-refractivity contribution in [3.05, 3.63) is 47.7 Å². The van der Waals surface area contributed by atoms with E-state index in [2.05, 4.69) is 20.8 Å². The first-order valence-corrected chi connectivity index (χ1v) is 7.72. The van der Waals surface area contributed by atoms with Gasteiger partial charge in [-0.2, -0.15) is 0 Å². The number of amides is 1. The molecule has 0 fully saturated rings. The average molecular weight is 314 g/mol. The molecule has 23 heavy (non-hydrogen) atoms. The van der Waals surface area contributed by atoms with E-state index in [1.807, 2.05) is 31.2 Å². The number of para-hydroxylation sites is 1. The first kappa shape index (κ1) is 16.7. The summed E-state index contributed by atoms with van der Waals surface area (Å²) in [7, 11) is 1.67. The summed E-state index contributed by atoms with van der Waals surface area (Å²) in [6.07, 6.45) is 1.70. The highest BCUT2D eigenvalue weighted by Gasteiger charge is 2.07. The second-order valence-corrected chi connectivity index (χ2v) is 5.05. The number of hydrogen-bond donors (Lipinski definition) is 2. The Morgan fingerprint density at radius 1 is 1.13 bits per heavy atom. The molecular formula is C17H22N4O2. The Morgan fingerprint density at radius 2 is 1.96 bits per heavy atom. The van der Waals surface area contributed by atoms with Crippen LogP contribution >= 0.6 is 0 Å². The van der Waals surface area contributed by atoms with E-state index in [9.17, 15) is 4.79 Å². The van der Waals surface area contributed by atoms with Crippen LogP contribution in [0.3, 0.4) is 0 Å². The van der Waals surface area contributed by atoms with Crippen molar-refractivity contribution in [1.29, 1.82) is 0 Å². The lowest BCUT2D eigenvalue weighted by atomic mass is 10.1. The topological polar surface area (TPSA) is 76.1 Å². The molecule has 0 aliphatic carbocycles. The van der Waals surface area contributed by atoms with Crippen LogP contribution in [0.5, 0.6) is 5.75 Å². The highest BCUT2D eigenvalue weighted by atomic mass is 16.5. The maximum atomic E-state index is 11.7. The minimum Gasteiger partial charge on any atom is -0.496 e. The molecule has 0 unspecified atom stereocenters. The Morgan fingerprint density at radius 3 is 2.65 bits per heavy atom. The van der Waals surface area contributed by atoms with E-state index in [4.69, 9.17) is 4.74 Å². The largest absolute Gasteiger partial charge is 0.496 e. The van der Waals surface area contributed by atoms with E-state index < -0.39 is 0 Å². The molecule has 0 atom stereocenters. The summed E-state index contributed by atoms with van der Waals surface area (Å²) in [4.78, 5) is 11.7. The van der Waals surface area contributed by atoms with Gasteiger partial charge in [0.1, 0.15) is 11.6 Å². The summed E-state index contributed by atoms with van der Waals surface area (Å²) in [5.74, 6) is 1.33. The molecule has 1 aromatic carbocycles. The molecule has 0 saturated carbocycles. The van der Waals surface area contributed by atoms with Gasteiger partial charge in [0.2, 0.25) is 0 Å². The van der Waals surface area contributed by atoms with Crippen molar-refractivity contribution in [3.8, 4) is 5.75 Å². The highest BCUT2D eigenvalue weighted by Crippen LogP contribution is 2.17. The molecule has 1 heterocycles. The van der Waals surface area contributed by atoms with Gasteiger partial charge in [0, 0.05) is 13.1 Å². The summed E-state index contributed by atoms with van der Waals surface area (Å²) in [6, 6.07) is 11.3. The molecule has 2 aromatic rings. The quantitative estimate of drug-likeness (QED) is 0.782. The third-order valence-electron chi connectivity index (χ3n) is 3.33. The van der Waals surface area contributed by atoms with Gasteiger partial charge >= 0.3 is 0 Å². The lowest BCUT2D eigenvalue weighted by Crippen LogP contribution is -2.25. The zero-order valence-electron chi connectivity index (χ0n) is 13.5. The van der Waals surface area contributed by atoms with Crippen molar-refractivity contribution < 1.29 is 9.53 Å². The summed E-state index contributed by atoms with van der Waals surface area (Å²) in [5.41, 5.74) is 1.46. The lowest BCUT2D eigenvalue weighted by molar-refractivity contribution is 0.0947. The minimum atomic E-state index is -0.195. The molecule has 2 N–H and O–H groups in total. The fourth-order valence-electron chi connectivity index (χ4n) is 2.11. The average Bonchev–Trinajstić information content (AvgIpc) is 2.60. The Labute approximate surface area is 136 Å². The first-order valence-electron chi connectivity index (χ1n) is 7.72. The fraction of sp³-hybridized carbons (Fsp3) is 0.353. The molecule has 0 radical (unpaired) electrons. The van der Waals surface area contributed by atoms with E-state index in [1.165, 1.54) is 0 Å². The molecule has 0 bridgehead atoms. The minimum absolute atomic E-state index is 0.195. The van der Waals surface area contributed by atoms with E-state index >= 15 is 0 Å². The predicted octanol–water partition coefficient (Wildman–Crippen LogP) is 2.28. The third kappa shape index (κ3) is 4.95. The van der Waals surface area contributed by atoms with Gasteiger partial charge in [-0.1, -0.05) is 25.1 Å². The molecule has 0 aliphatic rings. The van der Waals surface area contributed by atoms with Crippen LogP contribution in [-0.2, 0) is 6.42 Å². The zero-order chi connectivity index (χ0) is 16.5. The number of hydrogen-bond acceptors (Lipinski definition) is 5. The number of nitrogens with zero attached hydrogens (tertiary/aromatic N) is 2. The van der Waals surface area contributed by atoms with Crippen molar-refractivity contribution in [1.82, 2.24) is 15.5 Å². The third-order valence-corrected chi connectivity index (χ3v) is 3.33. The number of carbonyl (C=O) groups is 1. The molecule has 0 aliphatic heterocycles. The van der Waals surface area contributed by atoms with Crippen LogP contribution in [0, 0.1) is 0 Å². The van der Waals surface area contributed by atoms with Gasteiger partial charge in [0.15, 0.2) is 5.69 Å². The van der Waals surface area contributed by atoms with Crippen LogP contribution < -0.4 is 15.4 Å². The zero-order valence-corrected chi connectivity index (χ0v) is 13.5. The van der Waals surface area contributed by atoms with Crippen molar-refractivity contribution in [2.24, 2.45) is 0 Å². The van der Waals surface area contributed by atoms with Crippen molar-refractivity contribution >= 4 is 11.7 Å². The fourth-order valence-corrected chi connectivity index (χ4v) is 2.11. The van der Waals surface area contributed by atoms with Crippen molar-refractivity contribution in [3.63, 3.8) is 0 Å². The summed E-state index contributed by atoms with van der Waals surface area (Å²) in [6.45, 7) is 3.34. The van der Waals surface area contributed by atoms with Gasteiger partial charge in [0.05, 0.1) is 7.11 Å². The second-order valence-electron chi connectivity index (χ2n) is 5.05. The SMILES string of the molecule is CCCNC(=O)c1ccc(NCCc2ccccc2OC)nn1. The smallest absolute Gasteiger partial charge is 0.271 e. The van der Waals surface area contributed by atoms with Crippen molar-refractivity contribution in [2.75, 3.05) is 25.5 Å². The van der Waals surface area contributed by atoms with Gasteiger partial charge < -0.3 is 15.4 Å². The number of rotatable bonds is 8. The molecular weight excluding hydrogens is 292 g/mol. The summed E-state index contributed by atoms with van der Waals surface area (Å²) < 4.78 is 5.32. The number of methoxy groups -OCH3 is 1. The van der Waals surface area contributed by atoms with Gasteiger partial charge in [-0.25, -0.2) is 0 Å². The molecule has 6 nitrogen and oxygen atoms in total. The monoisotopic (exact) mass is 314 g/mol. The maximum absolute atomic E-state index is 11.7. The van der Waals surface area contributed by atoms with Crippen LogP contribution in [0.25, 0.3) is 0 Å². The molecule has 1 aromatic heterocycles. The summed E-state index contributed by atoms with van der Waals surface area (Å²) >= 11 is 0. The van der Waals surface area contributed by atoms with E-state index in [0.29, 0.717) is 24.6 Å². The summed E-state index contributed by atoms with van der Waals surface area (Å²) in [5, 5.41) is 13.9. The molecule has 2 rings (SSSR count). The molecule has 0 saturated heterocycles. The van der Waals surface area contributed by atoms with Gasteiger partial charge in [-0.15, -0.1) is 10.2 Å². The number of ether oxygens (including phenoxy) is 1. The van der Waals surface area contributed by atoms with Gasteiger partial charge in [-0.05, 0) is 36.6 Å². The first-order chi connectivity index (χ1) is 11.2. The molecule has 1 amide bonds. The van der Waals surface area contributed by atoms with Crippen LogP contribution in [0.15, 0.2) is 36.4 Å². The van der Waals surface area contributed by atoms with Crippen LogP contribution in [0.4, 0.5) is 5.82 Å². The Kier molecular flexibility index (Phi) is 6.35. The van der Waals surface area contributed by atoms with Crippen LogP contribution in [0.2, 0.25) is 0 Å². The van der Waals surface area contributed by atoms with Gasteiger partial charge in [0.25, 0.3) is 5.91 Å². The van der Waals surface area contributed by atoms with Crippen molar-refractivity contribution in [2.45, 2.75) is 19.8 Å². The maximum Gasteiger partial charge on any atom is 0.271 e. The van der Waals surface area contributed by atoms with Gasteiger partial charge in [-0.3, -0.25) is 4.79 Å². The normalized spacial score (nSPS) is 10.2. The molecule has 0 spiro atoms. The number of anilines is 1. The number of carbonyl (C=O) groups excluding carboxylic acids is 1. The van der Waals surface area contributed by atoms with E-state index in [0.717, 1.165) is 24.2 Å². The standard InChI is InChI=1S/C17H22N4O2/c1-3-11-19-17(22)14-8-9-16(21-20-14)18-12-10-13-6-4-5-7-15(13)23-2/h4-9H,3,10-12H2,1-2H3,(H,18,21)(H,19,22). The molecule has 6 heteroatoms. The van der Waals surface area contributed by atoms with Crippen LogP contribution in [-0.4, -0.2) is 36.3 Å². The lowest BCUT2D eigenvalue weighted by Gasteiger charge is -2.09. The number of nitrogens with one attached hydrogen (secondary N) is 2. The predicted molar refractivity (Wildman–Crippen MR) is 89.8 cm³/mol. The number of benzene rings is 1. The van der Waals surface area contributed by atoms with E-state index in [1.54, 1.807) is 19.2 Å². The Bertz CT molecular complexity index is 629. The van der Waals surface area contributed by atoms with Crippen LogP contribution in [0.1, 0.15) is 29.4 Å².